The first kappa shape index (κ1) is 26.6. The molecular weight excluding hydrogens is 478 g/mol. The van der Waals surface area contributed by atoms with E-state index in [2.05, 4.69) is 16.0 Å². The minimum absolute atomic E-state index is 0.0334. The number of halogens is 1. The van der Waals surface area contributed by atoms with Crippen LogP contribution < -0.4 is 21.7 Å². The van der Waals surface area contributed by atoms with Crippen LogP contribution in [0, 0.1) is 5.41 Å². The molecule has 3 aromatic rings. The molecule has 0 aromatic heterocycles. The number of phenolic OH excluding ortho intramolecular Hbond substituents is 1. The molecule has 8 nitrogen and oxygen atoms in total. The summed E-state index contributed by atoms with van der Waals surface area (Å²) in [5.74, 6) is -1.38. The molecule has 0 aliphatic rings. The van der Waals surface area contributed by atoms with Crippen molar-refractivity contribution >= 4 is 29.4 Å². The van der Waals surface area contributed by atoms with Crippen LogP contribution in [0.3, 0.4) is 0 Å². The van der Waals surface area contributed by atoms with Gasteiger partial charge in [-0.15, -0.1) is 0 Å². The third-order valence-electron chi connectivity index (χ3n) is 5.64. The van der Waals surface area contributed by atoms with E-state index in [0.717, 1.165) is 11.1 Å². The second-order valence-electron chi connectivity index (χ2n) is 8.29. The highest BCUT2D eigenvalue weighted by atomic mass is 35.5. The molecule has 0 saturated heterocycles. The molecule has 188 valence electrons. The smallest absolute Gasteiger partial charge is 0.242 e. The number of carbonyl (C=O) groups is 2. The van der Waals surface area contributed by atoms with Crippen molar-refractivity contribution in [3.63, 3.8) is 0 Å². The van der Waals surface area contributed by atoms with Crippen molar-refractivity contribution in [3.05, 3.63) is 101 Å². The van der Waals surface area contributed by atoms with Gasteiger partial charge < -0.3 is 26.8 Å². The summed E-state index contributed by atoms with van der Waals surface area (Å²) in [5, 5.41) is 25.7. The molecule has 0 bridgehead atoms. The Morgan fingerprint density at radius 2 is 1.53 bits per heavy atom. The van der Waals surface area contributed by atoms with Gasteiger partial charge in [0.25, 0.3) is 0 Å². The zero-order chi connectivity index (χ0) is 25.9. The molecule has 0 spiro atoms. The number of amides is 2. The number of nitrogens with one attached hydrogen (secondary N) is 4. The Labute approximate surface area is 215 Å². The quantitative estimate of drug-likeness (QED) is 0.134. The van der Waals surface area contributed by atoms with Crippen molar-refractivity contribution < 1.29 is 14.7 Å². The van der Waals surface area contributed by atoms with Crippen molar-refractivity contribution in [1.82, 2.24) is 16.0 Å². The van der Waals surface area contributed by atoms with Gasteiger partial charge in [-0.2, -0.15) is 0 Å². The number of nitrogens with two attached hydrogens (primary N) is 1. The lowest BCUT2D eigenvalue weighted by atomic mass is 9.90. The summed E-state index contributed by atoms with van der Waals surface area (Å²) in [5.41, 5.74) is 7.61. The molecule has 2 amide bonds. The van der Waals surface area contributed by atoms with E-state index in [4.69, 9.17) is 22.7 Å². The summed E-state index contributed by atoms with van der Waals surface area (Å²) >= 11 is 6.16. The van der Waals surface area contributed by atoms with Gasteiger partial charge in [0, 0.05) is 18.1 Å². The molecule has 0 fully saturated rings. The summed E-state index contributed by atoms with van der Waals surface area (Å²) in [6.07, 6.45) is 0.830. The predicted molar refractivity (Wildman–Crippen MR) is 141 cm³/mol. The van der Waals surface area contributed by atoms with E-state index in [1.807, 2.05) is 60.7 Å². The summed E-state index contributed by atoms with van der Waals surface area (Å²) in [6, 6.07) is 22.5. The summed E-state index contributed by atoms with van der Waals surface area (Å²) in [7, 11) is 0. The molecule has 0 aliphatic heterocycles. The Hall–Kier alpha value is -4.04. The van der Waals surface area contributed by atoms with Crippen LogP contribution >= 0.6 is 11.6 Å². The average Bonchev–Trinajstić information content (AvgIpc) is 2.86. The van der Waals surface area contributed by atoms with Gasteiger partial charge in [0.2, 0.25) is 11.8 Å². The first-order valence-corrected chi connectivity index (χ1v) is 12.0. The fourth-order valence-electron chi connectivity index (χ4n) is 3.82. The minimum Gasteiger partial charge on any atom is -0.508 e. The molecule has 1 atom stereocenters. The molecule has 36 heavy (non-hydrogen) atoms. The summed E-state index contributed by atoms with van der Waals surface area (Å²) < 4.78 is 0. The topological polar surface area (TPSA) is 140 Å². The third kappa shape index (κ3) is 7.74. The fraction of sp³-hybridized carbons (Fsp3) is 0.222. The van der Waals surface area contributed by atoms with Crippen molar-refractivity contribution in [3.8, 4) is 5.75 Å². The highest BCUT2D eigenvalue weighted by molar-refractivity contribution is 6.31. The number of guanidine groups is 1. The number of phenols is 1. The number of hydrogen-bond acceptors (Lipinski definition) is 4. The first-order valence-electron chi connectivity index (χ1n) is 11.6. The molecule has 0 aliphatic carbocycles. The van der Waals surface area contributed by atoms with E-state index in [9.17, 15) is 14.7 Å². The largest absolute Gasteiger partial charge is 0.508 e. The van der Waals surface area contributed by atoms with Crippen LogP contribution in [0.2, 0.25) is 5.02 Å². The van der Waals surface area contributed by atoms with Gasteiger partial charge in [-0.05, 0) is 41.7 Å². The van der Waals surface area contributed by atoms with Crippen LogP contribution in [0.4, 0.5) is 0 Å². The zero-order valence-corrected chi connectivity index (χ0v) is 20.5. The van der Waals surface area contributed by atoms with E-state index >= 15 is 0 Å². The number of benzene rings is 3. The number of hydrogen-bond donors (Lipinski definition) is 6. The summed E-state index contributed by atoms with van der Waals surface area (Å²) in [4.78, 5) is 26.7. The van der Waals surface area contributed by atoms with Crippen molar-refractivity contribution in [1.29, 1.82) is 5.41 Å². The maximum atomic E-state index is 13.6. The SMILES string of the molecule is N=C(N)NCCC[C@@H](NC(=O)C(c1ccccc1)c1ccccc1)C(=O)NCc1ccc(O)cc1Cl. The fourth-order valence-corrected chi connectivity index (χ4v) is 4.07. The number of carbonyl (C=O) groups excluding carboxylic acids is 2. The number of rotatable bonds is 11. The molecule has 3 rings (SSSR count). The van der Waals surface area contributed by atoms with Gasteiger partial charge in [-0.25, -0.2) is 0 Å². The van der Waals surface area contributed by atoms with E-state index in [1.165, 1.54) is 12.1 Å². The lowest BCUT2D eigenvalue weighted by Gasteiger charge is -2.23. The van der Waals surface area contributed by atoms with Gasteiger partial charge in [-0.3, -0.25) is 15.0 Å². The van der Waals surface area contributed by atoms with Crippen molar-refractivity contribution in [2.24, 2.45) is 5.73 Å². The average molecular weight is 508 g/mol. The Morgan fingerprint density at radius 3 is 2.08 bits per heavy atom. The maximum Gasteiger partial charge on any atom is 0.242 e. The first-order chi connectivity index (χ1) is 17.3. The zero-order valence-electron chi connectivity index (χ0n) is 19.7. The van der Waals surface area contributed by atoms with Crippen LogP contribution in [0.1, 0.15) is 35.4 Å². The monoisotopic (exact) mass is 507 g/mol. The lowest BCUT2D eigenvalue weighted by molar-refractivity contribution is -0.129. The van der Waals surface area contributed by atoms with Crippen molar-refractivity contribution in [2.75, 3.05) is 6.54 Å². The summed E-state index contributed by atoms with van der Waals surface area (Å²) in [6.45, 7) is 0.524. The third-order valence-corrected chi connectivity index (χ3v) is 5.99. The molecule has 7 N–H and O–H groups in total. The van der Waals surface area contributed by atoms with Gasteiger partial charge in [-0.1, -0.05) is 78.3 Å². The molecular formula is C27H30ClN5O3. The molecule has 0 saturated carbocycles. The Bertz CT molecular complexity index is 1140. The van der Waals surface area contributed by atoms with Gasteiger partial charge in [0.05, 0.1) is 5.92 Å². The second-order valence-corrected chi connectivity index (χ2v) is 8.70. The van der Waals surface area contributed by atoms with E-state index < -0.39 is 12.0 Å². The van der Waals surface area contributed by atoms with Crippen LogP contribution in [0.25, 0.3) is 0 Å². The standard InChI is InChI=1S/C27H30ClN5O3/c28-22-16-21(34)14-13-20(22)17-32-25(35)23(12-7-15-31-27(29)30)33-26(36)24(18-8-3-1-4-9-18)19-10-5-2-6-11-19/h1-6,8-11,13-14,16,23-24,34H,7,12,15,17H2,(H,32,35)(H,33,36)(H4,29,30,31)/t23-/m1/s1. The normalized spacial score (nSPS) is 11.5. The molecule has 9 heteroatoms. The molecule has 3 aromatic carbocycles. The minimum atomic E-state index is -0.822. The van der Waals surface area contributed by atoms with Crippen LogP contribution in [0.5, 0.6) is 5.75 Å². The second kappa shape index (κ2) is 13.2. The molecule has 0 unspecified atom stereocenters. The molecule has 0 heterocycles. The Balaban J connectivity index is 1.77. The van der Waals surface area contributed by atoms with Gasteiger partial charge >= 0.3 is 0 Å². The molecule has 0 radical (unpaired) electrons. The maximum absolute atomic E-state index is 13.6. The van der Waals surface area contributed by atoms with E-state index in [-0.39, 0.29) is 30.1 Å². The Kier molecular flexibility index (Phi) is 9.71. The Morgan fingerprint density at radius 1 is 0.917 bits per heavy atom. The van der Waals surface area contributed by atoms with Crippen LogP contribution in [-0.2, 0) is 16.1 Å². The lowest BCUT2D eigenvalue weighted by Crippen LogP contribution is -2.48. The van der Waals surface area contributed by atoms with Gasteiger partial charge in [0.15, 0.2) is 5.96 Å². The van der Waals surface area contributed by atoms with Gasteiger partial charge in [0.1, 0.15) is 11.8 Å². The predicted octanol–water partition coefficient (Wildman–Crippen LogP) is 3.24. The van der Waals surface area contributed by atoms with E-state index in [0.29, 0.717) is 30.0 Å². The van der Waals surface area contributed by atoms with Crippen molar-refractivity contribution in [2.45, 2.75) is 31.3 Å². The van der Waals surface area contributed by atoms with Crippen LogP contribution in [0.15, 0.2) is 78.9 Å². The number of aromatic hydroxyl groups is 1. The highest BCUT2D eigenvalue weighted by Gasteiger charge is 2.27. The highest BCUT2D eigenvalue weighted by Crippen LogP contribution is 2.25. The van der Waals surface area contributed by atoms with E-state index in [1.54, 1.807) is 6.07 Å². The van der Waals surface area contributed by atoms with Crippen LogP contribution in [-0.4, -0.2) is 35.5 Å².